The summed E-state index contributed by atoms with van der Waals surface area (Å²) in [5.74, 6) is -0.494. The van der Waals surface area contributed by atoms with Crippen molar-refractivity contribution in [2.75, 3.05) is 19.4 Å². The van der Waals surface area contributed by atoms with Gasteiger partial charge in [-0.2, -0.15) is 0 Å². The minimum atomic E-state index is -3.61. The molecule has 1 atom stereocenters. The Balaban J connectivity index is 2.08. The summed E-state index contributed by atoms with van der Waals surface area (Å²) in [4.78, 5) is 25.8. The summed E-state index contributed by atoms with van der Waals surface area (Å²) in [6.45, 7) is 3.68. The number of carbonyl (C=O) groups is 2. The van der Waals surface area contributed by atoms with Crippen LogP contribution in [-0.4, -0.2) is 45.3 Å². The van der Waals surface area contributed by atoms with Crippen molar-refractivity contribution in [1.82, 2.24) is 9.62 Å². The van der Waals surface area contributed by atoms with Crippen LogP contribution in [0.25, 0.3) is 0 Å². The smallest absolute Gasteiger partial charge is 0.255 e. The number of amides is 2. The summed E-state index contributed by atoms with van der Waals surface area (Å²) < 4.78 is 27.1. The van der Waals surface area contributed by atoms with E-state index in [0.717, 1.165) is 0 Å². The van der Waals surface area contributed by atoms with Crippen molar-refractivity contribution in [1.29, 1.82) is 0 Å². The number of hydrogen-bond acceptors (Lipinski definition) is 4. The molecular weight excluding hydrogens is 378 g/mol. The van der Waals surface area contributed by atoms with Crippen LogP contribution in [0.3, 0.4) is 0 Å². The third-order valence-electron chi connectivity index (χ3n) is 4.19. The van der Waals surface area contributed by atoms with Gasteiger partial charge in [0.05, 0.1) is 4.90 Å². The fourth-order valence-corrected chi connectivity index (χ4v) is 3.69. The molecule has 2 aromatic rings. The number of hydrogen-bond donors (Lipinski definition) is 2. The lowest BCUT2D eigenvalue weighted by Gasteiger charge is -2.12. The van der Waals surface area contributed by atoms with Crippen molar-refractivity contribution in [2.24, 2.45) is 0 Å². The van der Waals surface area contributed by atoms with Gasteiger partial charge in [0.1, 0.15) is 0 Å². The third-order valence-corrected chi connectivity index (χ3v) is 5.80. The van der Waals surface area contributed by atoms with Gasteiger partial charge in [0.25, 0.3) is 11.8 Å². The predicted octanol–water partition coefficient (Wildman–Crippen LogP) is 2.72. The van der Waals surface area contributed by atoms with E-state index in [1.807, 2.05) is 6.92 Å². The van der Waals surface area contributed by atoms with Gasteiger partial charge in [0, 0.05) is 37.0 Å². The molecule has 0 spiro atoms. The maximum absolute atomic E-state index is 12.4. The molecule has 0 aliphatic heterocycles. The number of benzene rings is 2. The van der Waals surface area contributed by atoms with Crippen LogP contribution in [0.4, 0.5) is 5.69 Å². The second-order valence-electron chi connectivity index (χ2n) is 6.69. The van der Waals surface area contributed by atoms with Crippen molar-refractivity contribution in [2.45, 2.75) is 31.2 Å². The van der Waals surface area contributed by atoms with Gasteiger partial charge in [-0.25, -0.2) is 13.1 Å². The summed E-state index contributed by atoms with van der Waals surface area (Å²) in [6.07, 6.45) is 0.679. The quantitative estimate of drug-likeness (QED) is 0.743. The third kappa shape index (κ3) is 5.40. The molecule has 0 saturated carbocycles. The summed E-state index contributed by atoms with van der Waals surface area (Å²) in [6, 6.07) is 12.1. The summed E-state index contributed by atoms with van der Waals surface area (Å²) in [5, 5.41) is 2.72. The number of nitrogens with one attached hydrogen (secondary N) is 2. The van der Waals surface area contributed by atoms with E-state index in [1.165, 1.54) is 29.2 Å². The number of anilines is 1. The average molecular weight is 404 g/mol. The van der Waals surface area contributed by atoms with Gasteiger partial charge < -0.3 is 10.2 Å². The lowest BCUT2D eigenvalue weighted by molar-refractivity contribution is 0.0827. The van der Waals surface area contributed by atoms with Crippen LogP contribution in [0.5, 0.6) is 0 Å². The van der Waals surface area contributed by atoms with E-state index in [-0.39, 0.29) is 22.8 Å². The summed E-state index contributed by atoms with van der Waals surface area (Å²) >= 11 is 0. The molecule has 2 aromatic carbocycles. The molecular formula is C20H25N3O4S. The van der Waals surface area contributed by atoms with Crippen LogP contribution in [0.1, 0.15) is 41.0 Å². The minimum Gasteiger partial charge on any atom is -0.345 e. The highest BCUT2D eigenvalue weighted by Crippen LogP contribution is 2.15. The Morgan fingerprint density at radius 3 is 2.00 bits per heavy atom. The lowest BCUT2D eigenvalue weighted by Crippen LogP contribution is -2.32. The Bertz CT molecular complexity index is 936. The normalized spacial score (nSPS) is 12.3. The lowest BCUT2D eigenvalue weighted by atomic mass is 10.1. The van der Waals surface area contributed by atoms with Crippen LogP contribution >= 0.6 is 0 Å². The molecule has 0 aliphatic carbocycles. The molecule has 2 N–H and O–H groups in total. The van der Waals surface area contributed by atoms with E-state index in [2.05, 4.69) is 10.0 Å². The molecule has 0 saturated heterocycles. The van der Waals surface area contributed by atoms with Crippen molar-refractivity contribution < 1.29 is 18.0 Å². The topological polar surface area (TPSA) is 95.6 Å². The Morgan fingerprint density at radius 2 is 1.50 bits per heavy atom. The van der Waals surface area contributed by atoms with Crippen LogP contribution < -0.4 is 10.0 Å². The highest BCUT2D eigenvalue weighted by molar-refractivity contribution is 7.89. The summed E-state index contributed by atoms with van der Waals surface area (Å²) in [5.41, 5.74) is 1.39. The number of sulfonamides is 1. The largest absolute Gasteiger partial charge is 0.345 e. The van der Waals surface area contributed by atoms with E-state index in [1.54, 1.807) is 45.3 Å². The van der Waals surface area contributed by atoms with Gasteiger partial charge in [-0.05, 0) is 61.9 Å². The SMILES string of the molecule is CCC(C)NS(=O)(=O)c1ccc(C(=O)Nc2ccc(C(=O)N(C)C)cc2)cc1. The van der Waals surface area contributed by atoms with Crippen LogP contribution in [0, 0.1) is 0 Å². The molecule has 0 aromatic heterocycles. The van der Waals surface area contributed by atoms with Crippen LogP contribution in [0.2, 0.25) is 0 Å². The molecule has 7 nitrogen and oxygen atoms in total. The molecule has 0 heterocycles. The molecule has 2 rings (SSSR count). The van der Waals surface area contributed by atoms with Crippen molar-refractivity contribution >= 4 is 27.5 Å². The Hall–Kier alpha value is -2.71. The van der Waals surface area contributed by atoms with Gasteiger partial charge in [-0.1, -0.05) is 6.92 Å². The first-order valence-corrected chi connectivity index (χ1v) is 10.4. The average Bonchev–Trinajstić information content (AvgIpc) is 2.67. The fourth-order valence-electron chi connectivity index (χ4n) is 2.36. The highest BCUT2D eigenvalue weighted by Gasteiger charge is 2.17. The first kappa shape index (κ1) is 21.6. The second kappa shape index (κ2) is 8.99. The van der Waals surface area contributed by atoms with E-state index in [9.17, 15) is 18.0 Å². The highest BCUT2D eigenvalue weighted by atomic mass is 32.2. The van der Waals surface area contributed by atoms with Crippen LogP contribution in [0.15, 0.2) is 53.4 Å². The zero-order chi connectivity index (χ0) is 20.9. The van der Waals surface area contributed by atoms with Gasteiger partial charge in [0.2, 0.25) is 10.0 Å². The van der Waals surface area contributed by atoms with Crippen molar-refractivity contribution in [3.8, 4) is 0 Å². The molecule has 0 bridgehead atoms. The molecule has 150 valence electrons. The molecule has 2 amide bonds. The molecule has 0 radical (unpaired) electrons. The van der Waals surface area contributed by atoms with Crippen LogP contribution in [-0.2, 0) is 10.0 Å². The molecule has 1 unspecified atom stereocenters. The second-order valence-corrected chi connectivity index (χ2v) is 8.40. The van der Waals surface area contributed by atoms with Gasteiger partial charge in [-0.3, -0.25) is 9.59 Å². The Labute approximate surface area is 165 Å². The minimum absolute atomic E-state index is 0.107. The zero-order valence-corrected chi connectivity index (χ0v) is 17.2. The molecule has 0 fully saturated rings. The Kier molecular flexibility index (Phi) is 6.93. The Morgan fingerprint density at radius 1 is 0.964 bits per heavy atom. The molecule has 0 aliphatic rings. The maximum Gasteiger partial charge on any atom is 0.255 e. The number of rotatable bonds is 7. The first-order valence-electron chi connectivity index (χ1n) is 8.89. The standard InChI is InChI=1S/C20H25N3O4S/c1-5-14(2)22-28(26,27)18-12-8-15(9-13-18)19(24)21-17-10-6-16(7-11-17)20(25)23(3)4/h6-14,22H,5H2,1-4H3,(H,21,24). The number of carbonyl (C=O) groups excluding carboxylic acids is 2. The predicted molar refractivity (Wildman–Crippen MR) is 109 cm³/mol. The van der Waals surface area contributed by atoms with Crippen molar-refractivity contribution in [3.05, 3.63) is 59.7 Å². The summed E-state index contributed by atoms with van der Waals surface area (Å²) in [7, 11) is -0.277. The fraction of sp³-hybridized carbons (Fsp3) is 0.300. The first-order chi connectivity index (χ1) is 13.1. The zero-order valence-electron chi connectivity index (χ0n) is 16.4. The van der Waals surface area contributed by atoms with Gasteiger partial charge in [0.15, 0.2) is 0 Å². The van der Waals surface area contributed by atoms with E-state index < -0.39 is 10.0 Å². The monoisotopic (exact) mass is 403 g/mol. The van der Waals surface area contributed by atoms with Gasteiger partial charge >= 0.3 is 0 Å². The maximum atomic E-state index is 12.4. The van der Waals surface area contributed by atoms with Gasteiger partial charge in [-0.15, -0.1) is 0 Å². The van der Waals surface area contributed by atoms with E-state index in [4.69, 9.17) is 0 Å². The molecule has 28 heavy (non-hydrogen) atoms. The van der Waals surface area contributed by atoms with E-state index in [0.29, 0.717) is 23.2 Å². The van der Waals surface area contributed by atoms with Crippen molar-refractivity contribution in [3.63, 3.8) is 0 Å². The molecule has 8 heteroatoms. The number of nitrogens with zero attached hydrogens (tertiary/aromatic N) is 1. The van der Waals surface area contributed by atoms with E-state index >= 15 is 0 Å².